The first-order valence-electron chi connectivity index (χ1n) is 8.27. The average Bonchev–Trinajstić information content (AvgIpc) is 3.13. The number of ether oxygens (including phenoxy) is 1. The van der Waals surface area contributed by atoms with Crippen molar-refractivity contribution in [1.29, 1.82) is 0 Å². The molecule has 3 aromatic rings. The molecule has 7 heteroatoms. The molecule has 2 aromatic carbocycles. The van der Waals surface area contributed by atoms with Crippen LogP contribution in [-0.4, -0.2) is 22.2 Å². The topological polar surface area (TPSA) is 64.1 Å². The number of thioether (sulfide) groups is 1. The van der Waals surface area contributed by atoms with E-state index in [4.69, 9.17) is 4.74 Å². The third-order valence-corrected chi connectivity index (χ3v) is 5.57. The maximum absolute atomic E-state index is 12.4. The molecule has 0 spiro atoms. The van der Waals surface area contributed by atoms with Crippen LogP contribution in [0.4, 0.5) is 5.13 Å². The minimum Gasteiger partial charge on any atom is -0.481 e. The number of hydrogen-bond acceptors (Lipinski definition) is 6. The van der Waals surface area contributed by atoms with Gasteiger partial charge in [-0.15, -0.1) is 10.2 Å². The van der Waals surface area contributed by atoms with E-state index in [9.17, 15) is 4.79 Å². The summed E-state index contributed by atoms with van der Waals surface area (Å²) in [6.45, 7) is 1.91. The summed E-state index contributed by atoms with van der Waals surface area (Å²) in [5.74, 6) is 1.27. The largest absolute Gasteiger partial charge is 0.481 e. The first-order valence-corrected chi connectivity index (χ1v) is 10.1. The van der Waals surface area contributed by atoms with Crippen LogP contribution in [0.3, 0.4) is 0 Å². The SMILES string of the molecule is CC[C@H](Oc1ccccc1)C(=O)Nc1nnc(SCc2ccccc2)s1. The number of para-hydroxylation sites is 1. The van der Waals surface area contributed by atoms with Crippen LogP contribution in [0.2, 0.25) is 0 Å². The molecule has 0 unspecified atom stereocenters. The van der Waals surface area contributed by atoms with Crippen LogP contribution < -0.4 is 10.1 Å². The summed E-state index contributed by atoms with van der Waals surface area (Å²) >= 11 is 2.97. The summed E-state index contributed by atoms with van der Waals surface area (Å²) in [5.41, 5.74) is 1.22. The van der Waals surface area contributed by atoms with Crippen LogP contribution in [-0.2, 0) is 10.5 Å². The highest BCUT2D eigenvalue weighted by Crippen LogP contribution is 2.28. The van der Waals surface area contributed by atoms with Crippen molar-refractivity contribution >= 4 is 34.1 Å². The zero-order valence-electron chi connectivity index (χ0n) is 14.3. The predicted octanol–water partition coefficient (Wildman–Crippen LogP) is 4.63. The van der Waals surface area contributed by atoms with Crippen molar-refractivity contribution in [3.8, 4) is 5.75 Å². The smallest absolute Gasteiger partial charge is 0.267 e. The molecule has 0 aliphatic heterocycles. The van der Waals surface area contributed by atoms with Gasteiger partial charge in [0, 0.05) is 5.75 Å². The van der Waals surface area contributed by atoms with E-state index in [0.29, 0.717) is 17.3 Å². The van der Waals surface area contributed by atoms with E-state index in [1.54, 1.807) is 11.8 Å². The molecule has 0 radical (unpaired) electrons. The highest BCUT2D eigenvalue weighted by Gasteiger charge is 2.20. The number of carbonyl (C=O) groups excluding carboxylic acids is 1. The maximum atomic E-state index is 12.4. The molecular formula is C19H19N3O2S2. The van der Waals surface area contributed by atoms with E-state index in [1.165, 1.54) is 16.9 Å². The molecule has 0 bridgehead atoms. The molecule has 0 saturated carbocycles. The van der Waals surface area contributed by atoms with E-state index in [1.807, 2.05) is 55.5 Å². The summed E-state index contributed by atoms with van der Waals surface area (Å²) < 4.78 is 6.57. The lowest BCUT2D eigenvalue weighted by Gasteiger charge is -2.16. The monoisotopic (exact) mass is 385 g/mol. The fraction of sp³-hybridized carbons (Fsp3) is 0.211. The van der Waals surface area contributed by atoms with Crippen LogP contribution in [0.5, 0.6) is 5.75 Å². The van der Waals surface area contributed by atoms with Gasteiger partial charge in [0.1, 0.15) is 5.75 Å². The Kier molecular flexibility index (Phi) is 6.62. The summed E-state index contributed by atoms with van der Waals surface area (Å²) in [7, 11) is 0. The summed E-state index contributed by atoms with van der Waals surface area (Å²) in [5, 5.41) is 11.5. The Morgan fingerprint density at radius 1 is 1.12 bits per heavy atom. The highest BCUT2D eigenvalue weighted by molar-refractivity contribution is 8.00. The van der Waals surface area contributed by atoms with Crippen molar-refractivity contribution < 1.29 is 9.53 Å². The fourth-order valence-corrected chi connectivity index (χ4v) is 3.92. The molecule has 5 nitrogen and oxygen atoms in total. The second-order valence-corrected chi connectivity index (χ2v) is 7.66. The van der Waals surface area contributed by atoms with Crippen LogP contribution in [0.1, 0.15) is 18.9 Å². The summed E-state index contributed by atoms with van der Waals surface area (Å²) in [6, 6.07) is 19.5. The number of benzene rings is 2. The van der Waals surface area contributed by atoms with Gasteiger partial charge in [-0.1, -0.05) is 78.6 Å². The van der Waals surface area contributed by atoms with E-state index in [2.05, 4.69) is 27.6 Å². The van der Waals surface area contributed by atoms with Crippen molar-refractivity contribution in [2.24, 2.45) is 0 Å². The van der Waals surface area contributed by atoms with Gasteiger partial charge in [-0.25, -0.2) is 0 Å². The van der Waals surface area contributed by atoms with Gasteiger partial charge in [0.25, 0.3) is 5.91 Å². The number of rotatable bonds is 8. The number of carbonyl (C=O) groups is 1. The van der Waals surface area contributed by atoms with Crippen molar-refractivity contribution in [3.63, 3.8) is 0 Å². The van der Waals surface area contributed by atoms with Gasteiger partial charge >= 0.3 is 0 Å². The molecule has 1 aromatic heterocycles. The standard InChI is InChI=1S/C19H19N3O2S2/c1-2-16(24-15-11-7-4-8-12-15)17(23)20-18-21-22-19(26-18)25-13-14-9-5-3-6-10-14/h3-12,16H,2,13H2,1H3,(H,20,21,23)/t16-/m0/s1. The number of anilines is 1. The van der Waals surface area contributed by atoms with Crippen LogP contribution >= 0.6 is 23.1 Å². The molecule has 1 N–H and O–H groups in total. The van der Waals surface area contributed by atoms with E-state index >= 15 is 0 Å². The first-order chi connectivity index (χ1) is 12.7. The minimum atomic E-state index is -0.568. The number of amides is 1. The van der Waals surface area contributed by atoms with Crippen molar-refractivity contribution in [2.75, 3.05) is 5.32 Å². The van der Waals surface area contributed by atoms with E-state index in [-0.39, 0.29) is 5.91 Å². The second-order valence-electron chi connectivity index (χ2n) is 5.46. The number of nitrogens with one attached hydrogen (secondary N) is 1. The molecule has 3 rings (SSSR count). The summed E-state index contributed by atoms with van der Waals surface area (Å²) in [4.78, 5) is 12.4. The van der Waals surface area contributed by atoms with Gasteiger partial charge in [0.05, 0.1) is 0 Å². The molecule has 1 atom stereocenters. The normalized spacial score (nSPS) is 11.7. The molecule has 26 heavy (non-hydrogen) atoms. The Morgan fingerprint density at radius 3 is 2.50 bits per heavy atom. The Bertz CT molecular complexity index is 825. The van der Waals surface area contributed by atoms with Crippen LogP contribution in [0.25, 0.3) is 0 Å². The predicted molar refractivity (Wildman–Crippen MR) is 106 cm³/mol. The lowest BCUT2D eigenvalue weighted by atomic mass is 10.2. The number of hydrogen-bond donors (Lipinski definition) is 1. The zero-order valence-corrected chi connectivity index (χ0v) is 15.9. The van der Waals surface area contributed by atoms with Gasteiger partial charge in [0.15, 0.2) is 10.4 Å². The number of nitrogens with zero attached hydrogens (tertiary/aromatic N) is 2. The Balaban J connectivity index is 1.54. The zero-order chi connectivity index (χ0) is 18.2. The quantitative estimate of drug-likeness (QED) is 0.452. The fourth-order valence-electron chi connectivity index (χ4n) is 2.21. The first kappa shape index (κ1) is 18.4. The molecular weight excluding hydrogens is 366 g/mol. The molecule has 0 saturated heterocycles. The molecule has 0 aliphatic carbocycles. The molecule has 134 valence electrons. The lowest BCUT2D eigenvalue weighted by Crippen LogP contribution is -2.32. The average molecular weight is 386 g/mol. The highest BCUT2D eigenvalue weighted by atomic mass is 32.2. The third-order valence-electron chi connectivity index (χ3n) is 3.53. The Labute approximate surface area is 160 Å². The Hall–Kier alpha value is -2.38. The van der Waals surface area contributed by atoms with Crippen LogP contribution in [0.15, 0.2) is 65.0 Å². The minimum absolute atomic E-state index is 0.216. The van der Waals surface area contributed by atoms with E-state index in [0.717, 1.165) is 10.1 Å². The van der Waals surface area contributed by atoms with Gasteiger partial charge < -0.3 is 4.74 Å². The van der Waals surface area contributed by atoms with Crippen molar-refractivity contribution in [2.45, 2.75) is 29.5 Å². The van der Waals surface area contributed by atoms with Crippen molar-refractivity contribution in [3.05, 3.63) is 66.2 Å². The van der Waals surface area contributed by atoms with E-state index < -0.39 is 6.10 Å². The molecule has 0 fully saturated rings. The van der Waals surface area contributed by atoms with Gasteiger partial charge in [0.2, 0.25) is 5.13 Å². The van der Waals surface area contributed by atoms with Gasteiger partial charge in [-0.2, -0.15) is 0 Å². The summed E-state index contributed by atoms with van der Waals surface area (Å²) in [6.07, 6.45) is -0.00322. The molecule has 0 aliphatic rings. The van der Waals surface area contributed by atoms with Gasteiger partial charge in [-0.05, 0) is 24.1 Å². The molecule has 1 heterocycles. The van der Waals surface area contributed by atoms with Crippen LogP contribution in [0, 0.1) is 0 Å². The maximum Gasteiger partial charge on any atom is 0.267 e. The number of aromatic nitrogens is 2. The lowest BCUT2D eigenvalue weighted by molar-refractivity contribution is -0.122. The third kappa shape index (κ3) is 5.31. The van der Waals surface area contributed by atoms with Crippen molar-refractivity contribution in [1.82, 2.24) is 10.2 Å². The molecule has 1 amide bonds. The Morgan fingerprint density at radius 2 is 1.81 bits per heavy atom. The second kappa shape index (κ2) is 9.35. The van der Waals surface area contributed by atoms with Gasteiger partial charge in [-0.3, -0.25) is 10.1 Å².